The number of ether oxygens (including phenoxy) is 1. The Morgan fingerprint density at radius 3 is 2.45 bits per heavy atom. The lowest BCUT2D eigenvalue weighted by atomic mass is 9.89. The molecule has 20 heavy (non-hydrogen) atoms. The second kappa shape index (κ2) is 5.31. The van der Waals surface area contributed by atoms with Crippen LogP contribution in [0.5, 0.6) is 0 Å². The first-order valence-corrected chi connectivity index (χ1v) is 6.41. The summed E-state index contributed by atoms with van der Waals surface area (Å²) in [6.07, 6.45) is -4.01. The maximum absolute atomic E-state index is 13.3. The van der Waals surface area contributed by atoms with E-state index >= 15 is 0 Å². The van der Waals surface area contributed by atoms with Gasteiger partial charge in [0.2, 0.25) is 0 Å². The summed E-state index contributed by atoms with van der Waals surface area (Å²) in [4.78, 5) is 11.6. The number of hydrogen-bond donors (Lipinski definition) is 0. The van der Waals surface area contributed by atoms with Crippen LogP contribution in [0.2, 0.25) is 0 Å². The molecule has 0 bridgehead atoms. The highest BCUT2D eigenvalue weighted by molar-refractivity contribution is 5.79. The van der Waals surface area contributed by atoms with Crippen molar-refractivity contribution in [3.8, 4) is 0 Å². The molecule has 0 N–H and O–H groups in total. The summed E-state index contributed by atoms with van der Waals surface area (Å²) in [6.45, 7) is 3.18. The lowest BCUT2D eigenvalue weighted by Crippen LogP contribution is -2.22. The monoisotopic (exact) mass is 284 g/mol. The fraction of sp³-hybridized carbons (Fsp3) is 0.400. The normalized spacial score (nSPS) is 15.3. The largest absolute Gasteiger partial charge is 0.430 e. The first kappa shape index (κ1) is 14.6. The second-order valence-electron chi connectivity index (χ2n) is 5.03. The van der Waals surface area contributed by atoms with Crippen LogP contribution in [0.3, 0.4) is 0 Å². The van der Waals surface area contributed by atoms with Gasteiger partial charge in [-0.15, -0.1) is 0 Å². The molecule has 1 aromatic rings. The van der Waals surface area contributed by atoms with E-state index in [0.717, 1.165) is 0 Å². The van der Waals surface area contributed by atoms with E-state index in [1.54, 1.807) is 32.0 Å². The SMILES string of the molecule is CC(C)C(=O)OC1=C(C(F)(F)F)c2ccccc2CC1. The van der Waals surface area contributed by atoms with Crippen molar-refractivity contribution in [2.75, 3.05) is 0 Å². The van der Waals surface area contributed by atoms with Crippen LogP contribution in [-0.2, 0) is 16.0 Å². The van der Waals surface area contributed by atoms with Gasteiger partial charge in [0.25, 0.3) is 0 Å². The minimum atomic E-state index is -4.54. The summed E-state index contributed by atoms with van der Waals surface area (Å²) in [7, 11) is 0. The molecule has 0 unspecified atom stereocenters. The van der Waals surface area contributed by atoms with Crippen molar-refractivity contribution < 1.29 is 22.7 Å². The molecule has 1 aromatic carbocycles. The summed E-state index contributed by atoms with van der Waals surface area (Å²) in [6, 6.07) is 6.35. The summed E-state index contributed by atoms with van der Waals surface area (Å²) >= 11 is 0. The van der Waals surface area contributed by atoms with E-state index in [4.69, 9.17) is 4.74 Å². The van der Waals surface area contributed by atoms with Crippen LogP contribution in [0.1, 0.15) is 31.4 Å². The predicted octanol–water partition coefficient (Wildman–Crippen LogP) is 4.11. The van der Waals surface area contributed by atoms with E-state index in [1.807, 2.05) is 0 Å². The molecule has 108 valence electrons. The fourth-order valence-corrected chi connectivity index (χ4v) is 2.16. The molecule has 0 radical (unpaired) electrons. The summed E-state index contributed by atoms with van der Waals surface area (Å²) in [5, 5.41) is 0. The fourth-order valence-electron chi connectivity index (χ4n) is 2.16. The van der Waals surface area contributed by atoms with Crippen molar-refractivity contribution in [3.63, 3.8) is 0 Å². The molecule has 0 aromatic heterocycles. The molecule has 2 rings (SSSR count). The molecular formula is C15H15F3O2. The number of allylic oxidation sites excluding steroid dienone is 2. The zero-order chi connectivity index (χ0) is 14.9. The van der Waals surface area contributed by atoms with Gasteiger partial charge in [-0.1, -0.05) is 38.1 Å². The molecule has 0 saturated carbocycles. The van der Waals surface area contributed by atoms with Crippen molar-refractivity contribution in [3.05, 3.63) is 41.2 Å². The zero-order valence-corrected chi connectivity index (χ0v) is 11.3. The predicted molar refractivity (Wildman–Crippen MR) is 68.7 cm³/mol. The van der Waals surface area contributed by atoms with Crippen LogP contribution >= 0.6 is 0 Å². The summed E-state index contributed by atoms with van der Waals surface area (Å²) < 4.78 is 44.8. The Morgan fingerprint density at radius 2 is 1.85 bits per heavy atom. The maximum Gasteiger partial charge on any atom is 0.420 e. The Labute approximate surface area is 115 Å². The van der Waals surface area contributed by atoms with Crippen LogP contribution in [0.25, 0.3) is 5.57 Å². The van der Waals surface area contributed by atoms with Gasteiger partial charge in [-0.05, 0) is 17.5 Å². The molecule has 1 aliphatic carbocycles. The molecule has 0 atom stereocenters. The van der Waals surface area contributed by atoms with E-state index in [1.165, 1.54) is 6.07 Å². The van der Waals surface area contributed by atoms with Gasteiger partial charge >= 0.3 is 12.1 Å². The highest BCUT2D eigenvalue weighted by atomic mass is 19.4. The van der Waals surface area contributed by atoms with Crippen LogP contribution in [0, 0.1) is 5.92 Å². The molecule has 2 nitrogen and oxygen atoms in total. The molecular weight excluding hydrogens is 269 g/mol. The molecule has 0 heterocycles. The number of aryl methyl sites for hydroxylation is 1. The van der Waals surface area contributed by atoms with Gasteiger partial charge in [0.1, 0.15) is 11.3 Å². The third-order valence-electron chi connectivity index (χ3n) is 3.17. The number of alkyl halides is 3. The Kier molecular flexibility index (Phi) is 3.88. The van der Waals surface area contributed by atoms with Crippen molar-refractivity contribution in [1.82, 2.24) is 0 Å². The average molecular weight is 284 g/mol. The number of halogens is 3. The van der Waals surface area contributed by atoms with Crippen molar-refractivity contribution in [1.29, 1.82) is 0 Å². The second-order valence-corrected chi connectivity index (χ2v) is 5.03. The molecule has 0 amide bonds. The quantitative estimate of drug-likeness (QED) is 0.764. The third-order valence-corrected chi connectivity index (χ3v) is 3.17. The Balaban J connectivity index is 2.50. The van der Waals surface area contributed by atoms with Crippen molar-refractivity contribution in [2.45, 2.75) is 32.9 Å². The lowest BCUT2D eigenvalue weighted by Gasteiger charge is -2.24. The Morgan fingerprint density at radius 1 is 1.20 bits per heavy atom. The lowest BCUT2D eigenvalue weighted by molar-refractivity contribution is -0.143. The number of benzene rings is 1. The van der Waals surface area contributed by atoms with Gasteiger partial charge in [-0.25, -0.2) is 0 Å². The molecule has 0 aliphatic heterocycles. The maximum atomic E-state index is 13.3. The number of carbonyl (C=O) groups excluding carboxylic acids is 1. The summed E-state index contributed by atoms with van der Waals surface area (Å²) in [5.41, 5.74) is -0.0877. The van der Waals surface area contributed by atoms with Crippen LogP contribution in [0.15, 0.2) is 30.0 Å². The minimum Gasteiger partial charge on any atom is -0.430 e. The minimum absolute atomic E-state index is 0.0876. The zero-order valence-electron chi connectivity index (χ0n) is 11.3. The smallest absolute Gasteiger partial charge is 0.420 e. The molecule has 0 fully saturated rings. The van der Waals surface area contributed by atoms with E-state index < -0.39 is 23.6 Å². The van der Waals surface area contributed by atoms with E-state index in [-0.39, 0.29) is 17.7 Å². The molecule has 1 aliphatic rings. The molecule has 5 heteroatoms. The first-order valence-electron chi connectivity index (χ1n) is 6.41. The highest BCUT2D eigenvalue weighted by Crippen LogP contribution is 2.42. The first-order chi connectivity index (χ1) is 9.30. The number of fused-ring (bicyclic) bond motifs is 1. The van der Waals surface area contributed by atoms with Crippen molar-refractivity contribution >= 4 is 11.5 Å². The van der Waals surface area contributed by atoms with Gasteiger partial charge in [0, 0.05) is 6.42 Å². The van der Waals surface area contributed by atoms with E-state index in [0.29, 0.717) is 12.0 Å². The van der Waals surface area contributed by atoms with Crippen LogP contribution in [-0.4, -0.2) is 12.1 Å². The van der Waals surface area contributed by atoms with Crippen LogP contribution < -0.4 is 0 Å². The number of rotatable bonds is 2. The van der Waals surface area contributed by atoms with Gasteiger partial charge in [0.05, 0.1) is 5.92 Å². The topological polar surface area (TPSA) is 26.3 Å². The van der Waals surface area contributed by atoms with E-state index in [2.05, 4.69) is 0 Å². The molecule has 0 spiro atoms. The van der Waals surface area contributed by atoms with Gasteiger partial charge < -0.3 is 4.74 Å². The number of esters is 1. The Hall–Kier alpha value is -1.78. The average Bonchev–Trinajstić information content (AvgIpc) is 2.36. The number of hydrogen-bond acceptors (Lipinski definition) is 2. The third kappa shape index (κ3) is 2.86. The van der Waals surface area contributed by atoms with Gasteiger partial charge in [0.15, 0.2) is 0 Å². The highest BCUT2D eigenvalue weighted by Gasteiger charge is 2.41. The number of carbonyl (C=O) groups is 1. The van der Waals surface area contributed by atoms with E-state index in [9.17, 15) is 18.0 Å². The van der Waals surface area contributed by atoms with Crippen LogP contribution in [0.4, 0.5) is 13.2 Å². The summed E-state index contributed by atoms with van der Waals surface area (Å²) in [5.74, 6) is -1.37. The van der Waals surface area contributed by atoms with Crippen molar-refractivity contribution in [2.24, 2.45) is 5.92 Å². The Bertz CT molecular complexity index is 556. The molecule has 0 saturated heterocycles. The van der Waals surface area contributed by atoms with Gasteiger partial charge in [-0.2, -0.15) is 13.2 Å². The standard InChI is InChI=1S/C15H15F3O2/c1-9(2)14(19)20-12-8-7-10-5-3-4-6-11(10)13(12)15(16,17)18/h3-6,9H,7-8H2,1-2H3. The van der Waals surface area contributed by atoms with Gasteiger partial charge in [-0.3, -0.25) is 4.79 Å².